The van der Waals surface area contributed by atoms with Crippen LogP contribution in [0.1, 0.15) is 21.5 Å². The summed E-state index contributed by atoms with van der Waals surface area (Å²) in [5, 5.41) is 6.46. The first-order valence-corrected chi connectivity index (χ1v) is 11.5. The normalized spacial score (nSPS) is 15.9. The third-order valence-corrected chi connectivity index (χ3v) is 6.50. The Morgan fingerprint density at radius 3 is 2.35 bits per heavy atom. The number of ether oxygens (including phenoxy) is 2. The molecule has 0 aromatic heterocycles. The number of benzene rings is 3. The number of fused-ring (bicyclic) bond motifs is 1. The predicted octanol–water partition coefficient (Wildman–Crippen LogP) is 0.566. The Balaban J connectivity index is 0.00000274. The van der Waals surface area contributed by atoms with Crippen molar-refractivity contribution in [1.29, 1.82) is 0 Å². The van der Waals surface area contributed by atoms with Crippen LogP contribution in [-0.4, -0.2) is 50.4 Å². The van der Waals surface area contributed by atoms with Gasteiger partial charge >= 0.3 is 0 Å². The quantitative estimate of drug-likeness (QED) is 0.336. The fourth-order valence-electron chi connectivity index (χ4n) is 4.57. The summed E-state index contributed by atoms with van der Waals surface area (Å²) < 4.78 is 11.8. The maximum Gasteiger partial charge on any atom is 0.251 e. The van der Waals surface area contributed by atoms with E-state index >= 15 is 0 Å². The lowest BCUT2D eigenvalue weighted by atomic mass is 10.0. The van der Waals surface area contributed by atoms with Gasteiger partial charge in [0.25, 0.3) is 5.91 Å². The number of nitrogens with zero attached hydrogens (tertiary/aromatic N) is 1. The molecule has 1 amide bonds. The minimum absolute atomic E-state index is 0. The van der Waals surface area contributed by atoms with Gasteiger partial charge < -0.3 is 48.6 Å². The summed E-state index contributed by atoms with van der Waals surface area (Å²) in [6, 6.07) is 22.5. The van der Waals surface area contributed by atoms with Gasteiger partial charge in [0.2, 0.25) is 6.79 Å². The van der Waals surface area contributed by atoms with Crippen molar-refractivity contribution in [3.63, 3.8) is 0 Å². The number of halogens is 1. The van der Waals surface area contributed by atoms with E-state index in [9.17, 15) is 4.79 Å². The van der Waals surface area contributed by atoms with Crippen LogP contribution in [0.15, 0.2) is 66.7 Å². The van der Waals surface area contributed by atoms with Crippen LogP contribution in [0.25, 0.3) is 11.1 Å². The topological polar surface area (TPSA) is 59.6 Å². The molecular weight excluding hydrogens is 541 g/mol. The van der Waals surface area contributed by atoms with Crippen molar-refractivity contribution in [2.45, 2.75) is 13.1 Å². The van der Waals surface area contributed by atoms with Crippen LogP contribution in [0.5, 0.6) is 11.5 Å². The Morgan fingerprint density at radius 2 is 1.59 bits per heavy atom. The fourth-order valence-corrected chi connectivity index (χ4v) is 4.57. The van der Waals surface area contributed by atoms with Crippen LogP contribution in [0.3, 0.4) is 0 Å². The summed E-state index contributed by atoms with van der Waals surface area (Å²) in [6.07, 6.45) is 0. The molecule has 0 unspecified atom stereocenters. The molecule has 34 heavy (non-hydrogen) atoms. The third kappa shape index (κ3) is 5.71. The van der Waals surface area contributed by atoms with Gasteiger partial charge in [0, 0.05) is 30.8 Å². The van der Waals surface area contributed by atoms with E-state index in [-0.39, 0.29) is 36.7 Å². The van der Waals surface area contributed by atoms with Crippen LogP contribution in [0, 0.1) is 0 Å². The first-order chi connectivity index (χ1) is 16.1. The van der Waals surface area contributed by atoms with E-state index in [4.69, 9.17) is 9.47 Å². The van der Waals surface area contributed by atoms with Gasteiger partial charge in [-0.1, -0.05) is 36.4 Å². The second-order valence-electron chi connectivity index (χ2n) is 9.13. The monoisotopic (exact) mass is 571 g/mol. The number of carbonyl (C=O) groups excluding carboxylic acids is 1. The smallest absolute Gasteiger partial charge is 0.251 e. The van der Waals surface area contributed by atoms with E-state index in [1.54, 1.807) is 18.2 Å². The fraction of sp³-hybridized carbons (Fsp3) is 0.296. The Hall–Kier alpha value is -2.62. The molecule has 0 spiro atoms. The molecule has 6 nitrogen and oxygen atoms in total. The van der Waals surface area contributed by atoms with E-state index in [0.717, 1.165) is 48.3 Å². The predicted molar refractivity (Wildman–Crippen MR) is 128 cm³/mol. The molecule has 1 saturated heterocycles. The minimum atomic E-state index is -0.131. The Labute approximate surface area is 217 Å². The van der Waals surface area contributed by atoms with E-state index in [1.165, 1.54) is 11.1 Å². The highest BCUT2D eigenvalue weighted by Crippen LogP contribution is 2.32. The van der Waals surface area contributed by atoms with Crippen molar-refractivity contribution >= 4 is 5.91 Å². The minimum Gasteiger partial charge on any atom is -1.00 e. The second-order valence-corrected chi connectivity index (χ2v) is 9.13. The van der Waals surface area contributed by atoms with Crippen LogP contribution in [0.4, 0.5) is 0 Å². The first-order valence-electron chi connectivity index (χ1n) is 11.5. The highest BCUT2D eigenvalue weighted by Gasteiger charge is 2.24. The molecule has 178 valence electrons. The Kier molecular flexibility index (Phi) is 7.75. The maximum atomic E-state index is 12.6. The molecule has 7 heteroatoms. The average molecular weight is 571 g/mol. The molecule has 0 bridgehead atoms. The van der Waals surface area contributed by atoms with Gasteiger partial charge in [-0.2, -0.15) is 0 Å². The van der Waals surface area contributed by atoms with E-state index < -0.39 is 0 Å². The van der Waals surface area contributed by atoms with Gasteiger partial charge in [0.1, 0.15) is 6.54 Å². The highest BCUT2D eigenvalue weighted by atomic mass is 127. The number of quaternary nitrogens is 1. The van der Waals surface area contributed by atoms with Gasteiger partial charge in [-0.05, 0) is 47.0 Å². The largest absolute Gasteiger partial charge is 1.00 e. The number of amides is 1. The van der Waals surface area contributed by atoms with Gasteiger partial charge in [0.05, 0.1) is 20.1 Å². The Morgan fingerprint density at radius 1 is 0.912 bits per heavy atom. The number of piperazine rings is 1. The van der Waals surface area contributed by atoms with Crippen molar-refractivity contribution in [3.05, 3.63) is 83.4 Å². The lowest BCUT2D eigenvalue weighted by Gasteiger charge is -2.38. The molecule has 0 radical (unpaired) electrons. The van der Waals surface area contributed by atoms with Gasteiger partial charge in [-0.15, -0.1) is 0 Å². The first kappa shape index (κ1) is 24.5. The van der Waals surface area contributed by atoms with Gasteiger partial charge in [-0.3, -0.25) is 4.79 Å². The molecule has 5 rings (SSSR count). The van der Waals surface area contributed by atoms with Crippen LogP contribution < -0.4 is 44.1 Å². The number of likely N-dealkylation sites (N-methyl/N-ethyl adjacent to an activating group) is 1. The molecule has 3 aromatic rings. The summed E-state index contributed by atoms with van der Waals surface area (Å²) in [5.41, 5.74) is 5.35. The standard InChI is InChI=1S/C27H29N3O3.HI/c1-30(12-10-28-11-13-30)18-21-5-3-7-23(15-21)22-6-2-4-20(14-22)17-29-27(31)24-8-9-25-26(16-24)33-19-32-25;/h2-9,14-16,28H,10-13,17-19H2,1H3;1H. The van der Waals surface area contributed by atoms with Crippen molar-refractivity contribution in [1.82, 2.24) is 10.6 Å². The molecule has 1 fully saturated rings. The Bertz CT molecular complexity index is 1160. The molecule has 3 aromatic carbocycles. The summed E-state index contributed by atoms with van der Waals surface area (Å²) >= 11 is 0. The lowest BCUT2D eigenvalue weighted by Crippen LogP contribution is -3.00. The van der Waals surface area contributed by atoms with Crippen LogP contribution in [-0.2, 0) is 13.1 Å². The number of rotatable bonds is 6. The average Bonchev–Trinajstić information content (AvgIpc) is 3.31. The number of carbonyl (C=O) groups is 1. The third-order valence-electron chi connectivity index (χ3n) is 6.50. The molecule has 0 atom stereocenters. The molecule has 0 saturated carbocycles. The number of hydrogen-bond acceptors (Lipinski definition) is 4. The zero-order valence-corrected chi connectivity index (χ0v) is 21.5. The lowest BCUT2D eigenvalue weighted by molar-refractivity contribution is -0.924. The molecule has 0 aliphatic carbocycles. The summed E-state index contributed by atoms with van der Waals surface area (Å²) in [4.78, 5) is 12.6. The summed E-state index contributed by atoms with van der Waals surface area (Å²) in [7, 11) is 2.34. The van der Waals surface area contributed by atoms with Crippen molar-refractivity contribution < 1.29 is 42.7 Å². The molecule has 2 aliphatic rings. The molecule has 2 N–H and O–H groups in total. The SMILES string of the molecule is C[N+]1(Cc2cccc(-c3cccc(CNC(=O)c4ccc5c(c4)OCO5)c3)c2)CCNCC1.[I-]. The highest BCUT2D eigenvalue weighted by molar-refractivity contribution is 5.94. The van der Waals surface area contributed by atoms with Gasteiger partial charge in [-0.25, -0.2) is 0 Å². The summed E-state index contributed by atoms with van der Waals surface area (Å²) in [5.74, 6) is 1.16. The zero-order valence-electron chi connectivity index (χ0n) is 19.4. The molecule has 2 aliphatic heterocycles. The van der Waals surface area contributed by atoms with E-state index in [0.29, 0.717) is 23.6 Å². The van der Waals surface area contributed by atoms with Crippen molar-refractivity contribution in [2.24, 2.45) is 0 Å². The van der Waals surface area contributed by atoms with Crippen LogP contribution >= 0.6 is 0 Å². The van der Waals surface area contributed by atoms with Crippen molar-refractivity contribution in [2.75, 3.05) is 40.0 Å². The van der Waals surface area contributed by atoms with Gasteiger partial charge in [0.15, 0.2) is 11.5 Å². The molecule has 2 heterocycles. The maximum absolute atomic E-state index is 12.6. The molecular formula is C27H30IN3O3. The second kappa shape index (κ2) is 10.8. The van der Waals surface area contributed by atoms with Crippen molar-refractivity contribution in [3.8, 4) is 22.6 Å². The van der Waals surface area contributed by atoms with E-state index in [1.807, 2.05) is 12.1 Å². The number of nitrogens with one attached hydrogen (secondary N) is 2. The number of hydrogen-bond donors (Lipinski definition) is 2. The zero-order chi connectivity index (χ0) is 22.7. The summed E-state index contributed by atoms with van der Waals surface area (Å²) in [6.45, 7) is 6.17. The van der Waals surface area contributed by atoms with Crippen LogP contribution in [0.2, 0.25) is 0 Å². The van der Waals surface area contributed by atoms with E-state index in [2.05, 4.69) is 54.1 Å².